The highest BCUT2D eigenvalue weighted by atomic mass is 32.2. The lowest BCUT2D eigenvalue weighted by Gasteiger charge is -2.10. The SMILES string of the molecule is COC(=O)N/N=C(/C)c1ccc(OC)c(CSc2ncccn2)c1. The van der Waals surface area contributed by atoms with Crippen LogP contribution >= 0.6 is 11.8 Å². The molecule has 0 saturated carbocycles. The molecule has 0 atom stereocenters. The number of ether oxygens (including phenoxy) is 2. The summed E-state index contributed by atoms with van der Waals surface area (Å²) in [6.07, 6.45) is 2.80. The third kappa shape index (κ3) is 4.95. The van der Waals surface area contributed by atoms with Crippen LogP contribution in [0.5, 0.6) is 5.75 Å². The predicted octanol–water partition coefficient (Wildman–Crippen LogP) is 2.86. The van der Waals surface area contributed by atoms with E-state index in [-0.39, 0.29) is 0 Å². The lowest BCUT2D eigenvalue weighted by molar-refractivity contribution is 0.171. The van der Waals surface area contributed by atoms with Crippen molar-refractivity contribution in [3.05, 3.63) is 47.8 Å². The Balaban J connectivity index is 2.16. The minimum atomic E-state index is -0.611. The second kappa shape index (κ2) is 8.88. The highest BCUT2D eigenvalue weighted by Gasteiger charge is 2.08. The van der Waals surface area contributed by atoms with Gasteiger partial charge in [-0.15, -0.1) is 0 Å². The molecule has 24 heavy (non-hydrogen) atoms. The van der Waals surface area contributed by atoms with E-state index < -0.39 is 6.09 Å². The van der Waals surface area contributed by atoms with Crippen LogP contribution in [0, 0.1) is 0 Å². The molecule has 1 aromatic heterocycles. The maximum Gasteiger partial charge on any atom is 0.427 e. The topological polar surface area (TPSA) is 85.7 Å². The van der Waals surface area contributed by atoms with Gasteiger partial charge in [0, 0.05) is 23.7 Å². The lowest BCUT2D eigenvalue weighted by atomic mass is 10.1. The van der Waals surface area contributed by atoms with Gasteiger partial charge in [-0.25, -0.2) is 20.2 Å². The zero-order valence-corrected chi connectivity index (χ0v) is 14.5. The number of nitrogens with zero attached hydrogens (tertiary/aromatic N) is 3. The highest BCUT2D eigenvalue weighted by Crippen LogP contribution is 2.27. The Morgan fingerprint density at radius 1 is 1.29 bits per heavy atom. The maximum absolute atomic E-state index is 11.1. The Morgan fingerprint density at radius 3 is 2.71 bits per heavy atom. The summed E-state index contributed by atoms with van der Waals surface area (Å²) in [6.45, 7) is 1.80. The lowest BCUT2D eigenvalue weighted by Crippen LogP contribution is -2.18. The zero-order chi connectivity index (χ0) is 17.4. The van der Waals surface area contributed by atoms with E-state index in [2.05, 4.69) is 25.2 Å². The molecule has 0 fully saturated rings. The summed E-state index contributed by atoms with van der Waals surface area (Å²) in [4.78, 5) is 19.5. The van der Waals surface area contributed by atoms with Crippen LogP contribution in [0.3, 0.4) is 0 Å². The first-order valence-corrected chi connectivity index (χ1v) is 8.08. The quantitative estimate of drug-likeness (QED) is 0.375. The van der Waals surface area contributed by atoms with Gasteiger partial charge >= 0.3 is 6.09 Å². The molecule has 1 aromatic carbocycles. The van der Waals surface area contributed by atoms with Crippen LogP contribution in [0.2, 0.25) is 0 Å². The number of carbonyl (C=O) groups is 1. The van der Waals surface area contributed by atoms with Gasteiger partial charge in [0.05, 0.1) is 19.9 Å². The van der Waals surface area contributed by atoms with Crippen molar-refractivity contribution in [3.63, 3.8) is 0 Å². The molecule has 0 spiro atoms. The molecule has 2 rings (SSSR count). The highest BCUT2D eigenvalue weighted by molar-refractivity contribution is 7.98. The number of aromatic nitrogens is 2. The first-order valence-electron chi connectivity index (χ1n) is 7.09. The largest absolute Gasteiger partial charge is 0.496 e. The molecule has 1 heterocycles. The second-order valence-electron chi connectivity index (χ2n) is 4.65. The van der Waals surface area contributed by atoms with Gasteiger partial charge < -0.3 is 9.47 Å². The van der Waals surface area contributed by atoms with Crippen molar-refractivity contribution in [3.8, 4) is 5.75 Å². The van der Waals surface area contributed by atoms with E-state index >= 15 is 0 Å². The fourth-order valence-electron chi connectivity index (χ4n) is 1.86. The molecule has 7 nitrogen and oxygen atoms in total. The van der Waals surface area contributed by atoms with Crippen molar-refractivity contribution in [2.75, 3.05) is 14.2 Å². The van der Waals surface area contributed by atoms with Crippen molar-refractivity contribution >= 4 is 23.6 Å². The Kier molecular flexibility index (Phi) is 6.56. The predicted molar refractivity (Wildman–Crippen MR) is 92.3 cm³/mol. The van der Waals surface area contributed by atoms with E-state index in [4.69, 9.17) is 4.74 Å². The number of carbonyl (C=O) groups excluding carboxylic acids is 1. The molecule has 0 aliphatic carbocycles. The Bertz CT molecular complexity index is 723. The minimum absolute atomic E-state index is 0.611. The maximum atomic E-state index is 11.1. The molecular formula is C16H18N4O3S. The van der Waals surface area contributed by atoms with E-state index in [1.165, 1.54) is 18.9 Å². The number of hydrogen-bond donors (Lipinski definition) is 1. The molecule has 1 amide bonds. The number of nitrogens with one attached hydrogen (secondary N) is 1. The first kappa shape index (κ1) is 17.7. The zero-order valence-electron chi connectivity index (χ0n) is 13.6. The minimum Gasteiger partial charge on any atom is -0.496 e. The fourth-order valence-corrected chi connectivity index (χ4v) is 2.64. The summed E-state index contributed by atoms with van der Waals surface area (Å²) in [6, 6.07) is 7.49. The summed E-state index contributed by atoms with van der Waals surface area (Å²) >= 11 is 1.51. The average molecular weight is 346 g/mol. The van der Waals surface area contributed by atoms with Gasteiger partial charge in [0.15, 0.2) is 5.16 Å². The van der Waals surface area contributed by atoms with Gasteiger partial charge in [-0.05, 0) is 36.8 Å². The summed E-state index contributed by atoms with van der Waals surface area (Å²) in [5.74, 6) is 1.43. The standard InChI is InChI=1S/C16H18N4O3S/c1-11(19-20-16(21)23-3)12-5-6-14(22-2)13(9-12)10-24-15-17-7-4-8-18-15/h4-9H,10H2,1-3H3,(H,20,21)/b19-11-. The first-order chi connectivity index (χ1) is 11.6. The Labute approximate surface area is 144 Å². The van der Waals surface area contributed by atoms with Crippen molar-refractivity contribution in [1.29, 1.82) is 0 Å². The van der Waals surface area contributed by atoms with Crippen LogP contribution in [0.15, 0.2) is 46.9 Å². The van der Waals surface area contributed by atoms with E-state index in [9.17, 15) is 4.79 Å². The van der Waals surface area contributed by atoms with Crippen LogP contribution in [-0.4, -0.2) is 36.0 Å². The van der Waals surface area contributed by atoms with Crippen molar-refractivity contribution in [1.82, 2.24) is 15.4 Å². The fraction of sp³-hybridized carbons (Fsp3) is 0.250. The smallest absolute Gasteiger partial charge is 0.427 e. The van der Waals surface area contributed by atoms with Crippen LogP contribution in [0.4, 0.5) is 4.79 Å². The van der Waals surface area contributed by atoms with Gasteiger partial charge in [-0.3, -0.25) is 0 Å². The van der Waals surface area contributed by atoms with E-state index in [0.29, 0.717) is 16.6 Å². The molecule has 0 aliphatic rings. The number of hydrogen-bond acceptors (Lipinski definition) is 7. The van der Waals surface area contributed by atoms with E-state index in [1.807, 2.05) is 18.2 Å². The monoisotopic (exact) mass is 346 g/mol. The van der Waals surface area contributed by atoms with Gasteiger partial charge in [0.1, 0.15) is 5.75 Å². The van der Waals surface area contributed by atoms with Crippen LogP contribution < -0.4 is 10.2 Å². The molecular weight excluding hydrogens is 328 g/mol. The number of rotatable bonds is 6. The van der Waals surface area contributed by atoms with Gasteiger partial charge in [-0.2, -0.15) is 5.10 Å². The normalized spacial score (nSPS) is 11.0. The third-order valence-electron chi connectivity index (χ3n) is 3.10. The Morgan fingerprint density at radius 2 is 2.04 bits per heavy atom. The van der Waals surface area contributed by atoms with E-state index in [0.717, 1.165) is 16.9 Å². The molecule has 1 N–H and O–H groups in total. The molecule has 0 aliphatic heterocycles. The number of hydrazone groups is 1. The molecule has 2 aromatic rings. The summed E-state index contributed by atoms with van der Waals surface area (Å²) in [7, 11) is 2.91. The number of thioether (sulfide) groups is 1. The van der Waals surface area contributed by atoms with Crippen LogP contribution in [0.1, 0.15) is 18.1 Å². The molecule has 0 unspecified atom stereocenters. The number of methoxy groups -OCH3 is 2. The van der Waals surface area contributed by atoms with Crippen molar-refractivity contribution in [2.24, 2.45) is 5.10 Å². The average Bonchev–Trinajstić information content (AvgIpc) is 2.64. The molecule has 8 heteroatoms. The number of amides is 1. The van der Waals surface area contributed by atoms with E-state index in [1.54, 1.807) is 32.5 Å². The molecule has 0 bridgehead atoms. The summed E-state index contributed by atoms with van der Waals surface area (Å²) < 4.78 is 9.89. The van der Waals surface area contributed by atoms with Gasteiger partial charge in [0.25, 0.3) is 0 Å². The van der Waals surface area contributed by atoms with Gasteiger partial charge in [0.2, 0.25) is 0 Å². The van der Waals surface area contributed by atoms with Crippen molar-refractivity contribution < 1.29 is 14.3 Å². The summed E-state index contributed by atoms with van der Waals surface area (Å²) in [5.41, 5.74) is 4.82. The van der Waals surface area contributed by atoms with Crippen LogP contribution in [-0.2, 0) is 10.5 Å². The second-order valence-corrected chi connectivity index (χ2v) is 5.59. The number of benzene rings is 1. The third-order valence-corrected chi connectivity index (χ3v) is 4.02. The van der Waals surface area contributed by atoms with Crippen LogP contribution in [0.25, 0.3) is 0 Å². The molecule has 0 saturated heterocycles. The van der Waals surface area contributed by atoms with Gasteiger partial charge in [-0.1, -0.05) is 11.8 Å². The Hall–Kier alpha value is -2.61. The van der Waals surface area contributed by atoms with Crippen molar-refractivity contribution in [2.45, 2.75) is 17.8 Å². The summed E-state index contributed by atoms with van der Waals surface area (Å²) in [5, 5.41) is 4.70. The molecule has 126 valence electrons. The molecule has 0 radical (unpaired) electrons.